The lowest BCUT2D eigenvalue weighted by molar-refractivity contribution is -0.147. The van der Waals surface area contributed by atoms with Gasteiger partial charge in [-0.1, -0.05) is 36.4 Å². The van der Waals surface area contributed by atoms with Gasteiger partial charge in [0.05, 0.1) is 17.7 Å². The molecule has 0 aliphatic carbocycles. The molecule has 0 fully saturated rings. The molecule has 4 N–H and O–H groups in total. The van der Waals surface area contributed by atoms with E-state index in [0.29, 0.717) is 24.2 Å². The number of nitrogen functional groups attached to an aromatic ring is 1. The second-order valence-corrected chi connectivity index (χ2v) is 8.69. The Morgan fingerprint density at radius 2 is 1.79 bits per heavy atom. The Balaban J connectivity index is 1.49. The number of nitrogens with zero attached hydrogens (tertiary/aromatic N) is 1. The highest BCUT2D eigenvalue weighted by atomic mass is 16.7. The third-order valence-corrected chi connectivity index (χ3v) is 5.84. The molecule has 1 aliphatic rings. The quantitative estimate of drug-likeness (QED) is 0.225. The van der Waals surface area contributed by atoms with Crippen LogP contribution in [0.5, 0.6) is 0 Å². The van der Waals surface area contributed by atoms with E-state index in [1.54, 1.807) is 12.1 Å². The number of nitrogens with one attached hydrogen (secondary N) is 2. The summed E-state index contributed by atoms with van der Waals surface area (Å²) < 4.78 is 5.33. The van der Waals surface area contributed by atoms with Crippen molar-refractivity contribution < 1.29 is 28.8 Å². The molecule has 10 nitrogen and oxygen atoms in total. The molecule has 0 unspecified atom stereocenters. The summed E-state index contributed by atoms with van der Waals surface area (Å²) in [5.74, 6) is -2.21. The average Bonchev–Trinajstić information content (AvgIpc) is 2.91. The molecule has 0 spiro atoms. The lowest BCUT2D eigenvalue weighted by atomic mass is 9.99. The van der Waals surface area contributed by atoms with Gasteiger partial charge in [0.2, 0.25) is 0 Å². The van der Waals surface area contributed by atoms with Gasteiger partial charge < -0.3 is 15.8 Å². The second kappa shape index (κ2) is 11.5. The zero-order valence-electron chi connectivity index (χ0n) is 20.7. The third kappa shape index (κ3) is 6.11. The number of Topliss-reactive ketones (excluding diaryl/α,β-unsaturated/α-hetero) is 1. The molecule has 3 aromatic rings. The molecule has 0 saturated heterocycles. The van der Waals surface area contributed by atoms with Crippen LogP contribution < -0.4 is 11.1 Å². The third-order valence-electron chi connectivity index (χ3n) is 5.84. The number of amidine groups is 1. The van der Waals surface area contributed by atoms with Crippen molar-refractivity contribution >= 4 is 35.1 Å². The van der Waals surface area contributed by atoms with Gasteiger partial charge in [0.15, 0.2) is 5.78 Å². The Bertz CT molecular complexity index is 1420. The SMILES string of the molecule is CC(=O)CON1CCc2ccc(NC(=O)c3ccc(C(=O)OCc4ccccc4)cc3C(=N)N)cc2C1=O. The summed E-state index contributed by atoms with van der Waals surface area (Å²) in [5, 5.41) is 11.8. The first-order valence-corrected chi connectivity index (χ1v) is 11.8. The molecule has 1 aliphatic heterocycles. The molecule has 3 aromatic carbocycles. The van der Waals surface area contributed by atoms with E-state index in [9.17, 15) is 19.2 Å². The van der Waals surface area contributed by atoms with E-state index in [1.165, 1.54) is 31.2 Å². The highest BCUT2D eigenvalue weighted by molar-refractivity contribution is 6.13. The number of nitrogens with two attached hydrogens (primary N) is 1. The van der Waals surface area contributed by atoms with Crippen LogP contribution in [0, 0.1) is 5.41 Å². The highest BCUT2D eigenvalue weighted by Gasteiger charge is 2.26. The first kappa shape index (κ1) is 26.2. The summed E-state index contributed by atoms with van der Waals surface area (Å²) in [7, 11) is 0. The summed E-state index contributed by atoms with van der Waals surface area (Å²) in [6.07, 6.45) is 0.531. The number of carbonyl (C=O) groups excluding carboxylic acids is 4. The molecule has 1 heterocycles. The number of carbonyl (C=O) groups is 4. The molecule has 0 saturated carbocycles. The molecule has 194 valence electrons. The Morgan fingerprint density at radius 3 is 2.50 bits per heavy atom. The number of rotatable bonds is 9. The van der Waals surface area contributed by atoms with Gasteiger partial charge in [0, 0.05) is 16.8 Å². The van der Waals surface area contributed by atoms with E-state index in [0.717, 1.165) is 16.2 Å². The molecule has 0 bridgehead atoms. The number of benzene rings is 3. The van der Waals surface area contributed by atoms with E-state index in [2.05, 4.69) is 5.32 Å². The van der Waals surface area contributed by atoms with Gasteiger partial charge in [0.1, 0.15) is 19.0 Å². The summed E-state index contributed by atoms with van der Waals surface area (Å²) in [5.41, 5.74) is 8.31. The summed E-state index contributed by atoms with van der Waals surface area (Å²) in [4.78, 5) is 54.9. The topological polar surface area (TPSA) is 152 Å². The van der Waals surface area contributed by atoms with Crippen molar-refractivity contribution in [3.8, 4) is 0 Å². The number of ketones is 1. The monoisotopic (exact) mass is 514 g/mol. The maximum Gasteiger partial charge on any atom is 0.338 e. The van der Waals surface area contributed by atoms with Gasteiger partial charge in [-0.2, -0.15) is 0 Å². The molecule has 2 amide bonds. The summed E-state index contributed by atoms with van der Waals surface area (Å²) in [6, 6.07) is 18.3. The minimum absolute atomic E-state index is 0.0644. The maximum atomic E-state index is 13.1. The largest absolute Gasteiger partial charge is 0.457 e. The molecule has 0 aromatic heterocycles. The van der Waals surface area contributed by atoms with Gasteiger partial charge in [-0.05, 0) is 54.8 Å². The van der Waals surface area contributed by atoms with Gasteiger partial charge in [-0.3, -0.25) is 24.6 Å². The number of anilines is 1. The van der Waals surface area contributed by atoms with Crippen LogP contribution in [-0.4, -0.2) is 47.6 Å². The number of hydrogen-bond acceptors (Lipinski definition) is 7. The summed E-state index contributed by atoms with van der Waals surface area (Å²) in [6.45, 7) is 1.55. The minimum atomic E-state index is -0.618. The fraction of sp³-hybridized carbons (Fsp3) is 0.179. The van der Waals surface area contributed by atoms with E-state index in [1.807, 2.05) is 30.3 Å². The number of fused-ring (bicyclic) bond motifs is 1. The molecule has 4 rings (SSSR count). The van der Waals surface area contributed by atoms with Crippen LogP contribution in [0.15, 0.2) is 66.7 Å². The van der Waals surface area contributed by atoms with Gasteiger partial charge >= 0.3 is 5.97 Å². The van der Waals surface area contributed by atoms with Crippen molar-refractivity contribution in [1.29, 1.82) is 5.41 Å². The fourth-order valence-electron chi connectivity index (χ4n) is 3.92. The van der Waals surface area contributed by atoms with Gasteiger partial charge in [-0.25, -0.2) is 9.86 Å². The smallest absolute Gasteiger partial charge is 0.338 e. The summed E-state index contributed by atoms with van der Waals surface area (Å²) >= 11 is 0. The zero-order valence-corrected chi connectivity index (χ0v) is 20.7. The van der Waals surface area contributed by atoms with Crippen LogP contribution in [0.2, 0.25) is 0 Å². The fourth-order valence-corrected chi connectivity index (χ4v) is 3.92. The van der Waals surface area contributed by atoms with Crippen molar-refractivity contribution in [1.82, 2.24) is 5.06 Å². The van der Waals surface area contributed by atoms with Crippen LogP contribution >= 0.6 is 0 Å². The maximum absolute atomic E-state index is 13.1. The Hall–Kier alpha value is -4.83. The Morgan fingerprint density at radius 1 is 1.03 bits per heavy atom. The van der Waals surface area contributed by atoms with Crippen molar-refractivity contribution in [3.63, 3.8) is 0 Å². The van der Waals surface area contributed by atoms with Crippen molar-refractivity contribution in [2.45, 2.75) is 20.0 Å². The highest BCUT2D eigenvalue weighted by Crippen LogP contribution is 2.24. The van der Waals surface area contributed by atoms with Gasteiger partial charge in [0.25, 0.3) is 11.8 Å². The first-order chi connectivity index (χ1) is 18.2. The van der Waals surface area contributed by atoms with Crippen molar-refractivity contribution in [2.24, 2.45) is 5.73 Å². The van der Waals surface area contributed by atoms with Crippen molar-refractivity contribution in [3.05, 3.63) is 100 Å². The number of amides is 2. The standard InChI is InChI=1S/C28H26N4O6/c1-17(33)15-38-32-12-11-19-7-9-21(14-23(19)27(32)35)31-26(34)22-10-8-20(13-24(22)25(29)30)28(36)37-16-18-5-3-2-4-6-18/h2-10,13-14H,11-12,15-16H2,1H3,(H3,29,30)(H,31,34). The van der Waals surface area contributed by atoms with Crippen LogP contribution in [0.1, 0.15) is 54.7 Å². The lowest BCUT2D eigenvalue weighted by Gasteiger charge is -2.27. The molecule has 38 heavy (non-hydrogen) atoms. The molecule has 0 radical (unpaired) electrons. The normalized spacial score (nSPS) is 12.4. The second-order valence-electron chi connectivity index (χ2n) is 8.69. The number of ether oxygens (including phenoxy) is 1. The van der Waals surface area contributed by atoms with E-state index in [4.69, 9.17) is 20.7 Å². The predicted molar refractivity (Wildman–Crippen MR) is 139 cm³/mol. The van der Waals surface area contributed by atoms with Gasteiger partial charge in [-0.15, -0.1) is 0 Å². The number of hydroxylamine groups is 2. The van der Waals surface area contributed by atoms with E-state index < -0.39 is 23.6 Å². The van der Waals surface area contributed by atoms with Crippen LogP contribution in [-0.2, 0) is 27.4 Å². The van der Waals surface area contributed by atoms with Crippen LogP contribution in [0.3, 0.4) is 0 Å². The lowest BCUT2D eigenvalue weighted by Crippen LogP contribution is -2.38. The van der Waals surface area contributed by atoms with Crippen LogP contribution in [0.4, 0.5) is 5.69 Å². The zero-order chi connectivity index (χ0) is 27.2. The minimum Gasteiger partial charge on any atom is -0.457 e. The van der Waals surface area contributed by atoms with E-state index in [-0.39, 0.29) is 35.7 Å². The molecule has 0 atom stereocenters. The number of hydrogen-bond donors (Lipinski definition) is 3. The Labute approximate surface area is 218 Å². The molecular formula is C28H26N4O6. The number of esters is 1. The molecular weight excluding hydrogens is 488 g/mol. The predicted octanol–water partition coefficient (Wildman–Crippen LogP) is 3.10. The van der Waals surface area contributed by atoms with Crippen LogP contribution in [0.25, 0.3) is 0 Å². The average molecular weight is 515 g/mol. The van der Waals surface area contributed by atoms with Crippen molar-refractivity contribution in [2.75, 3.05) is 18.5 Å². The molecule has 10 heteroatoms. The first-order valence-electron chi connectivity index (χ1n) is 11.8. The Kier molecular flexibility index (Phi) is 7.93. The van der Waals surface area contributed by atoms with E-state index >= 15 is 0 Å².